The minimum Gasteiger partial charge on any atom is -0.388 e. The summed E-state index contributed by atoms with van der Waals surface area (Å²) in [6.45, 7) is 4.29. The third-order valence-electron chi connectivity index (χ3n) is 2.95. The lowest BCUT2D eigenvalue weighted by Gasteiger charge is -2.28. The standard InChI is InChI=1S/C13H16O/c1-9(2)11-8-7-10-5-3-4-6-12(10)13(11)14/h3-9,11,13-14H,1-2H3/t11-,13-/m0/s1. The normalized spacial score (nSPS) is 25.1. The van der Waals surface area contributed by atoms with Crippen molar-refractivity contribution in [1.82, 2.24) is 0 Å². The van der Waals surface area contributed by atoms with E-state index in [-0.39, 0.29) is 12.0 Å². The molecule has 0 heterocycles. The zero-order chi connectivity index (χ0) is 10.1. The Labute approximate surface area is 85.1 Å². The molecule has 0 bridgehead atoms. The summed E-state index contributed by atoms with van der Waals surface area (Å²) in [6, 6.07) is 8.05. The number of rotatable bonds is 1. The number of hydrogen-bond donors (Lipinski definition) is 1. The van der Waals surface area contributed by atoms with E-state index in [4.69, 9.17) is 0 Å². The zero-order valence-corrected chi connectivity index (χ0v) is 8.64. The van der Waals surface area contributed by atoms with Crippen LogP contribution in [0.5, 0.6) is 0 Å². The highest BCUT2D eigenvalue weighted by atomic mass is 16.3. The van der Waals surface area contributed by atoms with Crippen molar-refractivity contribution < 1.29 is 5.11 Å². The third kappa shape index (κ3) is 1.48. The fourth-order valence-electron chi connectivity index (χ4n) is 2.05. The van der Waals surface area contributed by atoms with Gasteiger partial charge in [-0.1, -0.05) is 50.3 Å². The number of aliphatic hydroxyl groups excluding tert-OH is 1. The van der Waals surface area contributed by atoms with E-state index in [0.29, 0.717) is 5.92 Å². The molecule has 1 aromatic carbocycles. The molecule has 1 aliphatic rings. The molecular weight excluding hydrogens is 172 g/mol. The molecule has 1 heteroatoms. The summed E-state index contributed by atoms with van der Waals surface area (Å²) in [5, 5.41) is 10.1. The first-order valence-corrected chi connectivity index (χ1v) is 5.15. The van der Waals surface area contributed by atoms with Gasteiger partial charge in [-0.15, -0.1) is 0 Å². The molecule has 14 heavy (non-hydrogen) atoms. The second-order valence-electron chi connectivity index (χ2n) is 4.25. The number of aliphatic hydroxyl groups is 1. The Kier molecular flexibility index (Phi) is 2.42. The maximum Gasteiger partial charge on any atom is 0.0860 e. The molecule has 0 saturated carbocycles. The first-order chi connectivity index (χ1) is 6.70. The topological polar surface area (TPSA) is 20.2 Å². The number of fused-ring (bicyclic) bond motifs is 1. The summed E-state index contributed by atoms with van der Waals surface area (Å²) < 4.78 is 0. The van der Waals surface area contributed by atoms with Crippen molar-refractivity contribution in [1.29, 1.82) is 0 Å². The Hall–Kier alpha value is -1.08. The van der Waals surface area contributed by atoms with E-state index in [2.05, 4.69) is 26.0 Å². The Morgan fingerprint density at radius 3 is 2.64 bits per heavy atom. The molecule has 1 aromatic rings. The average molecular weight is 188 g/mol. The van der Waals surface area contributed by atoms with Crippen LogP contribution in [-0.2, 0) is 0 Å². The Morgan fingerprint density at radius 2 is 1.93 bits per heavy atom. The van der Waals surface area contributed by atoms with Crippen molar-refractivity contribution in [2.45, 2.75) is 20.0 Å². The second-order valence-corrected chi connectivity index (χ2v) is 4.25. The van der Waals surface area contributed by atoms with E-state index < -0.39 is 0 Å². The molecule has 2 atom stereocenters. The summed E-state index contributed by atoms with van der Waals surface area (Å²) >= 11 is 0. The lowest BCUT2D eigenvalue weighted by molar-refractivity contribution is 0.106. The summed E-state index contributed by atoms with van der Waals surface area (Å²) in [5.41, 5.74) is 2.21. The smallest absolute Gasteiger partial charge is 0.0860 e. The summed E-state index contributed by atoms with van der Waals surface area (Å²) in [4.78, 5) is 0. The Bertz CT molecular complexity index is 352. The van der Waals surface area contributed by atoms with Gasteiger partial charge in [-0.2, -0.15) is 0 Å². The van der Waals surface area contributed by atoms with Crippen LogP contribution in [0.25, 0.3) is 6.08 Å². The minimum atomic E-state index is -0.337. The number of benzene rings is 1. The summed E-state index contributed by atoms with van der Waals surface area (Å²) in [6.07, 6.45) is 3.90. The molecule has 0 spiro atoms. The van der Waals surface area contributed by atoms with Gasteiger partial charge in [0, 0.05) is 5.92 Å². The highest BCUT2D eigenvalue weighted by molar-refractivity contribution is 5.57. The monoisotopic (exact) mass is 188 g/mol. The molecule has 0 fully saturated rings. The van der Waals surface area contributed by atoms with Crippen molar-refractivity contribution in [2.24, 2.45) is 11.8 Å². The van der Waals surface area contributed by atoms with Crippen LogP contribution < -0.4 is 0 Å². The maximum absolute atomic E-state index is 10.1. The molecule has 0 aliphatic heterocycles. The van der Waals surface area contributed by atoms with Gasteiger partial charge in [0.15, 0.2) is 0 Å². The molecule has 0 radical (unpaired) electrons. The van der Waals surface area contributed by atoms with E-state index in [0.717, 1.165) is 11.1 Å². The van der Waals surface area contributed by atoms with Gasteiger partial charge in [-0.25, -0.2) is 0 Å². The largest absolute Gasteiger partial charge is 0.388 e. The zero-order valence-electron chi connectivity index (χ0n) is 8.64. The third-order valence-corrected chi connectivity index (χ3v) is 2.95. The van der Waals surface area contributed by atoms with E-state index in [1.165, 1.54) is 0 Å². The van der Waals surface area contributed by atoms with Crippen molar-refractivity contribution in [3.8, 4) is 0 Å². The van der Waals surface area contributed by atoms with Crippen LogP contribution in [0.15, 0.2) is 30.3 Å². The fraction of sp³-hybridized carbons (Fsp3) is 0.385. The molecule has 0 saturated heterocycles. The summed E-state index contributed by atoms with van der Waals surface area (Å²) in [5.74, 6) is 0.736. The molecule has 0 unspecified atom stereocenters. The van der Waals surface area contributed by atoms with Crippen molar-refractivity contribution in [3.05, 3.63) is 41.5 Å². The summed E-state index contributed by atoms with van der Waals surface area (Å²) in [7, 11) is 0. The predicted molar refractivity (Wildman–Crippen MR) is 58.8 cm³/mol. The SMILES string of the molecule is CC(C)[C@@H]1C=Cc2ccccc2[C@H]1O. The van der Waals surface area contributed by atoms with Gasteiger partial charge in [0.05, 0.1) is 6.10 Å². The first kappa shape index (κ1) is 9.47. The maximum atomic E-state index is 10.1. The molecule has 0 amide bonds. The van der Waals surface area contributed by atoms with Gasteiger partial charge in [-0.05, 0) is 17.0 Å². The van der Waals surface area contributed by atoms with Crippen molar-refractivity contribution in [3.63, 3.8) is 0 Å². The van der Waals surface area contributed by atoms with Gasteiger partial charge in [0.25, 0.3) is 0 Å². The van der Waals surface area contributed by atoms with Gasteiger partial charge in [0.2, 0.25) is 0 Å². The van der Waals surface area contributed by atoms with Crippen LogP contribution in [0.4, 0.5) is 0 Å². The van der Waals surface area contributed by atoms with E-state index in [9.17, 15) is 5.11 Å². The minimum absolute atomic E-state index is 0.255. The van der Waals surface area contributed by atoms with E-state index in [1.54, 1.807) is 0 Å². The van der Waals surface area contributed by atoms with Crippen LogP contribution >= 0.6 is 0 Å². The second kappa shape index (κ2) is 3.58. The van der Waals surface area contributed by atoms with Crippen LogP contribution in [0.2, 0.25) is 0 Å². The predicted octanol–water partition coefficient (Wildman–Crippen LogP) is 3.02. The highest BCUT2D eigenvalue weighted by Crippen LogP contribution is 2.35. The average Bonchev–Trinajstić information content (AvgIpc) is 2.18. The van der Waals surface area contributed by atoms with Crippen molar-refractivity contribution >= 4 is 6.08 Å². The van der Waals surface area contributed by atoms with Gasteiger partial charge < -0.3 is 5.11 Å². The van der Waals surface area contributed by atoms with Crippen molar-refractivity contribution in [2.75, 3.05) is 0 Å². The van der Waals surface area contributed by atoms with Crippen LogP contribution in [-0.4, -0.2) is 5.11 Å². The first-order valence-electron chi connectivity index (χ1n) is 5.15. The highest BCUT2D eigenvalue weighted by Gasteiger charge is 2.25. The molecule has 1 aliphatic carbocycles. The van der Waals surface area contributed by atoms with E-state index >= 15 is 0 Å². The van der Waals surface area contributed by atoms with Gasteiger partial charge in [0.1, 0.15) is 0 Å². The van der Waals surface area contributed by atoms with Crippen LogP contribution in [0.3, 0.4) is 0 Å². The van der Waals surface area contributed by atoms with E-state index in [1.807, 2.05) is 24.3 Å². The van der Waals surface area contributed by atoms with Crippen LogP contribution in [0.1, 0.15) is 31.1 Å². The van der Waals surface area contributed by atoms with Gasteiger partial charge in [-0.3, -0.25) is 0 Å². The molecule has 2 rings (SSSR count). The fourth-order valence-corrected chi connectivity index (χ4v) is 2.05. The van der Waals surface area contributed by atoms with Gasteiger partial charge >= 0.3 is 0 Å². The lowest BCUT2D eigenvalue weighted by Crippen LogP contribution is -2.19. The molecule has 74 valence electrons. The lowest BCUT2D eigenvalue weighted by atomic mass is 9.81. The quantitative estimate of drug-likeness (QED) is 0.718. The molecular formula is C13H16O. The van der Waals surface area contributed by atoms with Crippen LogP contribution in [0, 0.1) is 11.8 Å². The Morgan fingerprint density at radius 1 is 1.21 bits per heavy atom. The molecule has 1 N–H and O–H groups in total. The Balaban J connectivity index is 2.40. The molecule has 0 aromatic heterocycles. The molecule has 1 nitrogen and oxygen atoms in total. The number of hydrogen-bond acceptors (Lipinski definition) is 1.